The number of benzene rings is 1. The van der Waals surface area contributed by atoms with Gasteiger partial charge in [-0.25, -0.2) is 0 Å². The molecule has 1 aromatic carbocycles. The first-order valence-corrected chi connectivity index (χ1v) is 12.1. The molecule has 5 atom stereocenters. The van der Waals surface area contributed by atoms with Crippen LogP contribution in [0.5, 0.6) is 0 Å². The van der Waals surface area contributed by atoms with Gasteiger partial charge < -0.3 is 24.7 Å². The summed E-state index contributed by atoms with van der Waals surface area (Å²) < 4.78 is 6.52. The molecule has 9 heteroatoms. The second kappa shape index (κ2) is 8.98. The molecule has 4 rings (SSSR count). The van der Waals surface area contributed by atoms with Crippen molar-refractivity contribution in [3.8, 4) is 0 Å². The number of aryl methyl sites for hydroxylation is 1. The quantitative estimate of drug-likeness (QED) is 0.515. The fourth-order valence-electron chi connectivity index (χ4n) is 6.39. The first-order chi connectivity index (χ1) is 16.2. The summed E-state index contributed by atoms with van der Waals surface area (Å²) in [6, 6.07) is 4.31. The number of aliphatic hydroxyl groups is 1. The number of halogens is 1. The molecule has 3 saturated heterocycles. The number of aliphatic carboxylic acids is 1. The van der Waals surface area contributed by atoms with Crippen LogP contribution in [0, 0.1) is 18.8 Å². The standard InChI is InChI=1S/C25H31ClN2O6/c1-4-12-27(19-15(3)8-6-9-16(19)26)22(31)20-25-11-10-24(5-2,34-25)18(23(32)33)17(25)21(30)28(20)13-7-14-29/h4,6,8-9,17-18,20,29H,1,5,7,10-14H2,2-3H3,(H,32,33)/t17-,18-,20?,24+,25?/m0/s1. The zero-order valence-corrected chi connectivity index (χ0v) is 20.3. The first kappa shape index (κ1) is 24.7. The van der Waals surface area contributed by atoms with Gasteiger partial charge >= 0.3 is 5.97 Å². The molecule has 3 aliphatic heterocycles. The van der Waals surface area contributed by atoms with Crippen LogP contribution in [-0.2, 0) is 19.1 Å². The number of carbonyl (C=O) groups excluding carboxylic acids is 2. The maximum absolute atomic E-state index is 14.3. The minimum Gasteiger partial charge on any atom is -0.481 e. The molecule has 184 valence electrons. The van der Waals surface area contributed by atoms with Gasteiger partial charge in [-0.15, -0.1) is 6.58 Å². The van der Waals surface area contributed by atoms with E-state index in [2.05, 4.69) is 6.58 Å². The highest BCUT2D eigenvalue weighted by molar-refractivity contribution is 6.34. The van der Waals surface area contributed by atoms with Crippen molar-refractivity contribution in [3.63, 3.8) is 0 Å². The van der Waals surface area contributed by atoms with Gasteiger partial charge in [0.2, 0.25) is 5.91 Å². The first-order valence-electron chi connectivity index (χ1n) is 11.7. The van der Waals surface area contributed by atoms with E-state index in [9.17, 15) is 24.6 Å². The number of para-hydroxylation sites is 1. The van der Waals surface area contributed by atoms with E-state index in [-0.39, 0.29) is 32.0 Å². The molecule has 1 spiro atoms. The van der Waals surface area contributed by atoms with Gasteiger partial charge in [-0.2, -0.15) is 0 Å². The van der Waals surface area contributed by atoms with E-state index >= 15 is 0 Å². The fourth-order valence-corrected chi connectivity index (χ4v) is 6.71. The second-order valence-corrected chi connectivity index (χ2v) is 9.83. The van der Waals surface area contributed by atoms with Crippen LogP contribution in [0.15, 0.2) is 30.9 Å². The van der Waals surface area contributed by atoms with E-state index < -0.39 is 41.0 Å². The van der Waals surface area contributed by atoms with E-state index in [1.54, 1.807) is 18.2 Å². The third kappa shape index (κ3) is 3.38. The van der Waals surface area contributed by atoms with Gasteiger partial charge in [0.25, 0.3) is 5.91 Å². The molecule has 8 nitrogen and oxygen atoms in total. The van der Waals surface area contributed by atoms with Crippen molar-refractivity contribution >= 4 is 35.1 Å². The molecular weight excluding hydrogens is 460 g/mol. The molecule has 0 aromatic heterocycles. The number of fused-ring (bicyclic) bond motifs is 1. The Hall–Kier alpha value is -2.42. The van der Waals surface area contributed by atoms with Gasteiger partial charge in [0, 0.05) is 19.7 Å². The Balaban J connectivity index is 1.85. The summed E-state index contributed by atoms with van der Waals surface area (Å²) in [5.41, 5.74) is -0.904. The Morgan fingerprint density at radius 1 is 1.38 bits per heavy atom. The van der Waals surface area contributed by atoms with Crippen LogP contribution < -0.4 is 4.90 Å². The molecule has 3 heterocycles. The highest BCUT2D eigenvalue weighted by atomic mass is 35.5. The maximum Gasteiger partial charge on any atom is 0.310 e. The van der Waals surface area contributed by atoms with Crippen LogP contribution in [0.1, 0.15) is 38.2 Å². The summed E-state index contributed by atoms with van der Waals surface area (Å²) in [6.45, 7) is 7.62. The molecule has 34 heavy (non-hydrogen) atoms. The highest BCUT2D eigenvalue weighted by Crippen LogP contribution is 2.64. The number of hydrogen-bond donors (Lipinski definition) is 2. The molecule has 0 aliphatic carbocycles. The monoisotopic (exact) mass is 490 g/mol. The number of aliphatic hydroxyl groups excluding tert-OH is 1. The van der Waals surface area contributed by atoms with Crippen molar-refractivity contribution in [2.75, 3.05) is 24.6 Å². The van der Waals surface area contributed by atoms with Gasteiger partial charge in [-0.3, -0.25) is 14.4 Å². The van der Waals surface area contributed by atoms with Gasteiger partial charge in [-0.05, 0) is 44.2 Å². The Bertz CT molecular complexity index is 1010. The number of carbonyl (C=O) groups is 3. The average Bonchev–Trinajstić information content (AvgIpc) is 3.40. The SMILES string of the molecule is C=CCN(C(=O)C1N(CCCO)C(=O)[C@@H]2[C@@H](C(=O)O)[C@@]3(CC)CCC12O3)c1c(C)cccc1Cl. The van der Waals surface area contributed by atoms with Crippen molar-refractivity contribution in [3.05, 3.63) is 41.4 Å². The van der Waals surface area contributed by atoms with Gasteiger partial charge in [0.15, 0.2) is 0 Å². The van der Waals surface area contributed by atoms with Gasteiger partial charge in [0.05, 0.1) is 22.2 Å². The predicted molar refractivity (Wildman–Crippen MR) is 127 cm³/mol. The molecule has 3 fully saturated rings. The zero-order valence-electron chi connectivity index (χ0n) is 19.5. The summed E-state index contributed by atoms with van der Waals surface area (Å²) in [5, 5.41) is 19.9. The minimum absolute atomic E-state index is 0.127. The van der Waals surface area contributed by atoms with Crippen LogP contribution in [0.4, 0.5) is 5.69 Å². The van der Waals surface area contributed by atoms with Crippen molar-refractivity contribution in [2.24, 2.45) is 11.8 Å². The summed E-state index contributed by atoms with van der Waals surface area (Å²) in [6.07, 6.45) is 3.17. The normalized spacial score (nSPS) is 31.6. The largest absolute Gasteiger partial charge is 0.481 e. The van der Waals surface area contributed by atoms with E-state index in [1.165, 1.54) is 9.80 Å². The number of nitrogens with zero attached hydrogens (tertiary/aromatic N) is 2. The van der Waals surface area contributed by atoms with Crippen LogP contribution in [0.2, 0.25) is 5.02 Å². The number of rotatable bonds is 9. The van der Waals surface area contributed by atoms with Gasteiger partial charge in [-0.1, -0.05) is 36.7 Å². The lowest BCUT2D eigenvalue weighted by Gasteiger charge is -2.37. The average molecular weight is 491 g/mol. The van der Waals surface area contributed by atoms with Crippen molar-refractivity contribution < 1.29 is 29.3 Å². The molecule has 0 saturated carbocycles. The summed E-state index contributed by atoms with van der Waals surface area (Å²) in [4.78, 5) is 43.3. The van der Waals surface area contributed by atoms with Crippen molar-refractivity contribution in [1.82, 2.24) is 4.90 Å². The molecule has 2 N–H and O–H groups in total. The number of carboxylic acid groups (broad SMARTS) is 1. The van der Waals surface area contributed by atoms with Crippen LogP contribution in [0.3, 0.4) is 0 Å². The zero-order chi connectivity index (χ0) is 24.8. The molecule has 1 aromatic rings. The Morgan fingerprint density at radius 2 is 2.12 bits per heavy atom. The Labute approximate surface area is 204 Å². The number of carboxylic acids is 1. The molecule has 2 bridgehead atoms. The molecule has 2 unspecified atom stereocenters. The Kier molecular flexibility index (Phi) is 6.52. The lowest BCUT2D eigenvalue weighted by molar-refractivity contribution is -0.155. The molecule has 2 amide bonds. The van der Waals surface area contributed by atoms with E-state index in [4.69, 9.17) is 16.3 Å². The van der Waals surface area contributed by atoms with E-state index in [0.717, 1.165) is 5.56 Å². The third-order valence-electron chi connectivity index (χ3n) is 7.77. The highest BCUT2D eigenvalue weighted by Gasteiger charge is 2.79. The summed E-state index contributed by atoms with van der Waals surface area (Å²) in [5.74, 6) is -3.85. The smallest absolute Gasteiger partial charge is 0.310 e. The van der Waals surface area contributed by atoms with Crippen LogP contribution in [-0.4, -0.2) is 69.8 Å². The van der Waals surface area contributed by atoms with Crippen LogP contribution in [0.25, 0.3) is 0 Å². The van der Waals surface area contributed by atoms with Crippen LogP contribution >= 0.6 is 11.6 Å². The number of ether oxygens (including phenoxy) is 1. The number of hydrogen-bond acceptors (Lipinski definition) is 5. The number of likely N-dealkylation sites (tertiary alicyclic amines) is 1. The maximum atomic E-state index is 14.3. The fraction of sp³-hybridized carbons (Fsp3) is 0.560. The summed E-state index contributed by atoms with van der Waals surface area (Å²) in [7, 11) is 0. The predicted octanol–water partition coefficient (Wildman–Crippen LogP) is 2.79. The lowest BCUT2D eigenvalue weighted by atomic mass is 9.65. The van der Waals surface area contributed by atoms with Gasteiger partial charge in [0.1, 0.15) is 17.6 Å². The lowest BCUT2D eigenvalue weighted by Crippen LogP contribution is -2.56. The number of amides is 2. The number of anilines is 1. The molecule has 3 aliphatic rings. The van der Waals surface area contributed by atoms with E-state index in [1.807, 2.05) is 19.9 Å². The molecular formula is C25H31ClN2O6. The summed E-state index contributed by atoms with van der Waals surface area (Å²) >= 11 is 6.51. The molecule has 0 radical (unpaired) electrons. The topological polar surface area (TPSA) is 107 Å². The minimum atomic E-state index is -1.24. The third-order valence-corrected chi connectivity index (χ3v) is 8.08. The Morgan fingerprint density at radius 3 is 2.71 bits per heavy atom. The second-order valence-electron chi connectivity index (χ2n) is 9.42. The van der Waals surface area contributed by atoms with Crippen molar-refractivity contribution in [1.29, 1.82) is 0 Å². The van der Waals surface area contributed by atoms with Crippen molar-refractivity contribution in [2.45, 2.75) is 56.8 Å². The van der Waals surface area contributed by atoms with E-state index in [0.29, 0.717) is 30.0 Å².